The highest BCUT2D eigenvalue weighted by Gasteiger charge is 2.23. The van der Waals surface area contributed by atoms with E-state index in [4.69, 9.17) is 14.5 Å². The van der Waals surface area contributed by atoms with Crippen molar-refractivity contribution in [3.05, 3.63) is 17.7 Å². The van der Waals surface area contributed by atoms with Crippen LogP contribution in [-0.2, 0) is 4.74 Å². The number of ether oxygens (including phenoxy) is 1. The summed E-state index contributed by atoms with van der Waals surface area (Å²) in [5.41, 5.74) is 0.823. The molecule has 0 bridgehead atoms. The van der Waals surface area contributed by atoms with Crippen LogP contribution in [0.4, 0.5) is 0 Å². The third-order valence-electron chi connectivity index (χ3n) is 2.53. The summed E-state index contributed by atoms with van der Waals surface area (Å²) in [7, 11) is 0. The number of nitriles is 1. The Balaban J connectivity index is 1.87. The van der Waals surface area contributed by atoms with Crippen LogP contribution < -0.4 is 0 Å². The number of nitrogens with one attached hydrogen (secondary N) is 1. The molecular weight excluding hydrogens is 254 g/mol. The average Bonchev–Trinajstić information content (AvgIpc) is 3.08. The van der Waals surface area contributed by atoms with Gasteiger partial charge in [0.05, 0.1) is 18.4 Å². The summed E-state index contributed by atoms with van der Waals surface area (Å²) in [6.45, 7) is 0.689. The van der Waals surface area contributed by atoms with Crippen molar-refractivity contribution in [2.24, 2.45) is 0 Å². The molecule has 1 N–H and O–H groups in total. The SMILES string of the molecule is N#Cc1[nH]ncc1-c1nc(C2CSCCO2)no1. The van der Waals surface area contributed by atoms with E-state index in [2.05, 4.69) is 20.3 Å². The largest absolute Gasteiger partial charge is 0.368 e. The third kappa shape index (κ3) is 1.98. The summed E-state index contributed by atoms with van der Waals surface area (Å²) >= 11 is 1.79. The van der Waals surface area contributed by atoms with E-state index in [0.29, 0.717) is 23.7 Å². The van der Waals surface area contributed by atoms with Gasteiger partial charge in [0.15, 0.2) is 0 Å². The van der Waals surface area contributed by atoms with E-state index >= 15 is 0 Å². The molecule has 18 heavy (non-hydrogen) atoms. The van der Waals surface area contributed by atoms with Crippen molar-refractivity contribution in [2.75, 3.05) is 18.1 Å². The highest BCUT2D eigenvalue weighted by atomic mass is 32.2. The van der Waals surface area contributed by atoms with Crippen LogP contribution in [0.15, 0.2) is 10.7 Å². The number of hydrogen-bond donors (Lipinski definition) is 1. The van der Waals surface area contributed by atoms with Gasteiger partial charge in [-0.05, 0) is 0 Å². The summed E-state index contributed by atoms with van der Waals surface area (Å²) in [6, 6.07) is 1.98. The minimum Gasteiger partial charge on any atom is -0.368 e. The molecule has 0 saturated carbocycles. The van der Waals surface area contributed by atoms with E-state index in [1.54, 1.807) is 11.8 Å². The number of aromatic amines is 1. The van der Waals surface area contributed by atoms with Crippen LogP contribution in [0.2, 0.25) is 0 Å². The molecule has 8 heteroatoms. The molecule has 1 atom stereocenters. The second-order valence-corrected chi connectivity index (χ2v) is 4.81. The Hall–Kier alpha value is -1.85. The van der Waals surface area contributed by atoms with E-state index in [9.17, 15) is 0 Å². The maximum absolute atomic E-state index is 8.89. The molecule has 1 aliphatic heterocycles. The quantitative estimate of drug-likeness (QED) is 0.866. The average molecular weight is 263 g/mol. The number of hydrogen-bond acceptors (Lipinski definition) is 7. The first-order chi connectivity index (χ1) is 8.88. The molecule has 0 aliphatic carbocycles. The van der Waals surface area contributed by atoms with E-state index in [1.165, 1.54) is 6.20 Å². The summed E-state index contributed by atoms with van der Waals surface area (Å²) in [5, 5.41) is 19.1. The molecule has 3 rings (SSSR count). The zero-order valence-electron chi connectivity index (χ0n) is 9.29. The van der Waals surface area contributed by atoms with Gasteiger partial charge >= 0.3 is 0 Å². The van der Waals surface area contributed by atoms with Crippen molar-refractivity contribution in [1.29, 1.82) is 5.26 Å². The molecule has 7 nitrogen and oxygen atoms in total. The standard InChI is InChI=1S/C10H9N5O2S/c11-3-7-6(4-12-14-7)10-13-9(15-17-10)8-5-18-2-1-16-8/h4,8H,1-2,5H2,(H,12,14). The Morgan fingerprint density at radius 3 is 3.28 bits per heavy atom. The molecular formula is C10H9N5O2S. The van der Waals surface area contributed by atoms with Crippen LogP contribution in [0.3, 0.4) is 0 Å². The first-order valence-corrected chi connectivity index (χ1v) is 6.50. The van der Waals surface area contributed by atoms with Crippen LogP contribution in [0.1, 0.15) is 17.6 Å². The fraction of sp³-hybridized carbons (Fsp3) is 0.400. The van der Waals surface area contributed by atoms with Gasteiger partial charge in [0.2, 0.25) is 5.82 Å². The lowest BCUT2D eigenvalue weighted by Gasteiger charge is -2.18. The van der Waals surface area contributed by atoms with Gasteiger partial charge in [0.25, 0.3) is 5.89 Å². The molecule has 1 aliphatic rings. The van der Waals surface area contributed by atoms with Gasteiger partial charge < -0.3 is 9.26 Å². The van der Waals surface area contributed by atoms with Crippen molar-refractivity contribution >= 4 is 11.8 Å². The molecule has 3 heterocycles. The molecule has 2 aromatic rings. The summed E-state index contributed by atoms with van der Waals surface area (Å²) in [6.07, 6.45) is 1.35. The van der Waals surface area contributed by atoms with Gasteiger partial charge in [-0.1, -0.05) is 5.16 Å². The Morgan fingerprint density at radius 2 is 2.50 bits per heavy atom. The van der Waals surface area contributed by atoms with Crippen LogP contribution in [-0.4, -0.2) is 38.5 Å². The monoisotopic (exact) mass is 263 g/mol. The second-order valence-electron chi connectivity index (χ2n) is 3.66. The Bertz CT molecular complexity index is 581. The first-order valence-electron chi connectivity index (χ1n) is 5.35. The maximum atomic E-state index is 8.89. The molecule has 0 amide bonds. The maximum Gasteiger partial charge on any atom is 0.262 e. The zero-order chi connectivity index (χ0) is 12.4. The topological polar surface area (TPSA) is 101 Å². The van der Waals surface area contributed by atoms with Crippen molar-refractivity contribution in [1.82, 2.24) is 20.3 Å². The Morgan fingerprint density at radius 1 is 1.56 bits per heavy atom. The van der Waals surface area contributed by atoms with Crippen LogP contribution in [0.25, 0.3) is 11.5 Å². The number of nitrogens with zero attached hydrogens (tertiary/aromatic N) is 4. The first kappa shape index (κ1) is 11.3. The number of rotatable bonds is 2. The lowest BCUT2D eigenvalue weighted by molar-refractivity contribution is 0.0677. The number of H-pyrrole nitrogens is 1. The zero-order valence-corrected chi connectivity index (χ0v) is 10.1. The van der Waals surface area contributed by atoms with Gasteiger partial charge in [-0.15, -0.1) is 0 Å². The summed E-state index contributed by atoms with van der Waals surface area (Å²) < 4.78 is 10.7. The molecule has 2 aromatic heterocycles. The van der Waals surface area contributed by atoms with Gasteiger partial charge in [-0.25, -0.2) is 0 Å². The van der Waals surface area contributed by atoms with Gasteiger partial charge in [0, 0.05) is 11.5 Å². The van der Waals surface area contributed by atoms with Crippen LogP contribution in [0, 0.1) is 11.3 Å². The highest BCUT2D eigenvalue weighted by molar-refractivity contribution is 7.99. The van der Waals surface area contributed by atoms with Crippen molar-refractivity contribution in [2.45, 2.75) is 6.10 Å². The van der Waals surface area contributed by atoms with Crippen molar-refractivity contribution in [3.63, 3.8) is 0 Å². The van der Waals surface area contributed by atoms with Crippen molar-refractivity contribution < 1.29 is 9.26 Å². The third-order valence-corrected chi connectivity index (χ3v) is 3.52. The van der Waals surface area contributed by atoms with E-state index < -0.39 is 0 Å². The Kier molecular flexibility index (Phi) is 3.00. The summed E-state index contributed by atoms with van der Waals surface area (Å²) in [5.74, 6) is 2.61. The minimum absolute atomic E-state index is 0.140. The van der Waals surface area contributed by atoms with Crippen LogP contribution in [0.5, 0.6) is 0 Å². The molecule has 0 radical (unpaired) electrons. The molecule has 0 aromatic carbocycles. The van der Waals surface area contributed by atoms with Gasteiger partial charge in [0.1, 0.15) is 17.9 Å². The smallest absolute Gasteiger partial charge is 0.262 e. The Labute approximate surface area is 107 Å². The van der Waals surface area contributed by atoms with Crippen LogP contribution >= 0.6 is 11.8 Å². The predicted molar refractivity (Wildman–Crippen MR) is 62.6 cm³/mol. The van der Waals surface area contributed by atoms with Gasteiger partial charge in [-0.2, -0.15) is 27.1 Å². The van der Waals surface area contributed by atoms with E-state index in [-0.39, 0.29) is 12.0 Å². The predicted octanol–water partition coefficient (Wildman–Crippen LogP) is 1.14. The molecule has 1 unspecified atom stereocenters. The van der Waals surface area contributed by atoms with E-state index in [1.807, 2.05) is 6.07 Å². The fourth-order valence-electron chi connectivity index (χ4n) is 1.65. The molecule has 1 saturated heterocycles. The van der Waals surface area contributed by atoms with Crippen molar-refractivity contribution in [3.8, 4) is 17.5 Å². The number of aromatic nitrogens is 4. The van der Waals surface area contributed by atoms with Gasteiger partial charge in [-0.3, -0.25) is 5.10 Å². The molecule has 0 spiro atoms. The van der Waals surface area contributed by atoms with E-state index in [0.717, 1.165) is 11.5 Å². The molecule has 92 valence electrons. The normalized spacial score (nSPS) is 19.6. The lowest BCUT2D eigenvalue weighted by Crippen LogP contribution is -2.16. The molecule has 1 fully saturated rings. The second kappa shape index (κ2) is 4.80. The number of thioether (sulfide) groups is 1. The fourth-order valence-corrected chi connectivity index (χ4v) is 2.49. The highest BCUT2D eigenvalue weighted by Crippen LogP contribution is 2.27. The lowest BCUT2D eigenvalue weighted by atomic mass is 10.2. The minimum atomic E-state index is -0.140. The summed E-state index contributed by atoms with van der Waals surface area (Å²) in [4.78, 5) is 4.26.